The Bertz CT molecular complexity index is 49.7. The molecule has 0 aliphatic rings. The quantitative estimate of drug-likeness (QED) is 0.587. The van der Waals surface area contributed by atoms with E-state index in [0.717, 1.165) is 0 Å². The van der Waals surface area contributed by atoms with E-state index in [1.807, 2.05) is 0 Å². The van der Waals surface area contributed by atoms with Crippen LogP contribution in [0.4, 0.5) is 0 Å². The van der Waals surface area contributed by atoms with Crippen LogP contribution in [0.1, 0.15) is 6.42 Å². The molecule has 0 saturated heterocycles. The average molecular weight is 175 g/mol. The van der Waals surface area contributed by atoms with Crippen molar-refractivity contribution in [2.75, 3.05) is 6.54 Å². The Hall–Kier alpha value is 0.734. The van der Waals surface area contributed by atoms with Crippen LogP contribution in [0.2, 0.25) is 0 Å². The SMILES string of the molecule is [CH2-]CC(=O)CN.[Y]. The summed E-state index contributed by atoms with van der Waals surface area (Å²) in [5, 5.41) is 0. The summed E-state index contributed by atoms with van der Waals surface area (Å²) in [5.74, 6) is 0.00926. The molecule has 0 aliphatic heterocycles. The Labute approximate surface area is 68.7 Å². The van der Waals surface area contributed by atoms with Gasteiger partial charge in [0.05, 0.1) is 0 Å². The standard InChI is InChI=1S/C4H8NO.Y/c1-2-4(6)3-5;/h1-3,5H2;/q-1;. The molecule has 0 spiro atoms. The Balaban J connectivity index is 0. The van der Waals surface area contributed by atoms with E-state index in [-0.39, 0.29) is 45.0 Å². The molecule has 0 bridgehead atoms. The van der Waals surface area contributed by atoms with Gasteiger partial charge in [0.15, 0.2) is 0 Å². The van der Waals surface area contributed by atoms with Crippen LogP contribution in [0.25, 0.3) is 0 Å². The minimum Gasteiger partial charge on any atom is -0.336 e. The van der Waals surface area contributed by atoms with E-state index in [9.17, 15) is 4.79 Å². The molecule has 2 nitrogen and oxygen atoms in total. The van der Waals surface area contributed by atoms with Crippen molar-refractivity contribution in [3.8, 4) is 0 Å². The second-order valence-electron chi connectivity index (χ2n) is 0.993. The molecule has 0 aromatic carbocycles. The molecule has 0 fully saturated rings. The van der Waals surface area contributed by atoms with E-state index in [2.05, 4.69) is 6.92 Å². The third kappa shape index (κ3) is 6.73. The van der Waals surface area contributed by atoms with Crippen LogP contribution >= 0.6 is 0 Å². The number of ketones is 1. The third-order valence-corrected chi connectivity index (χ3v) is 0.507. The summed E-state index contributed by atoms with van der Waals surface area (Å²) < 4.78 is 0. The maximum atomic E-state index is 9.99. The van der Waals surface area contributed by atoms with Crippen molar-refractivity contribution in [3.63, 3.8) is 0 Å². The van der Waals surface area contributed by atoms with Crippen molar-refractivity contribution >= 4 is 5.78 Å². The molecule has 0 heterocycles. The molecule has 0 aliphatic carbocycles. The summed E-state index contributed by atoms with van der Waals surface area (Å²) in [4.78, 5) is 9.99. The fourth-order valence-corrected chi connectivity index (χ4v) is 0.102. The number of Topliss-reactive ketones (excluding diaryl/α,β-unsaturated/α-hetero) is 1. The third-order valence-electron chi connectivity index (χ3n) is 0.507. The number of carbonyl (C=O) groups is 1. The number of nitrogens with two attached hydrogens (primary N) is 1. The number of hydrogen-bond acceptors (Lipinski definition) is 2. The summed E-state index contributed by atoms with van der Waals surface area (Å²) in [6, 6.07) is 0. The van der Waals surface area contributed by atoms with Gasteiger partial charge in [0.1, 0.15) is 5.78 Å². The number of rotatable bonds is 2. The summed E-state index contributed by atoms with van der Waals surface area (Å²) in [7, 11) is 0. The van der Waals surface area contributed by atoms with Crippen LogP contribution in [0.3, 0.4) is 0 Å². The van der Waals surface area contributed by atoms with Crippen molar-refractivity contribution in [3.05, 3.63) is 6.92 Å². The largest absolute Gasteiger partial charge is 0.336 e. The Kier molecular flexibility index (Phi) is 10.3. The van der Waals surface area contributed by atoms with Crippen molar-refractivity contribution < 1.29 is 37.5 Å². The van der Waals surface area contributed by atoms with E-state index in [1.165, 1.54) is 0 Å². The molecule has 0 unspecified atom stereocenters. The van der Waals surface area contributed by atoms with E-state index in [1.54, 1.807) is 0 Å². The average Bonchev–Trinajstić information content (AvgIpc) is 1.65. The first-order chi connectivity index (χ1) is 2.81. The predicted molar refractivity (Wildman–Crippen MR) is 24.0 cm³/mol. The molecule has 3 heteroatoms. The van der Waals surface area contributed by atoms with Crippen LogP contribution in [-0.4, -0.2) is 12.3 Å². The molecule has 39 valence electrons. The topological polar surface area (TPSA) is 43.1 Å². The molecule has 7 heavy (non-hydrogen) atoms. The zero-order valence-electron chi connectivity index (χ0n) is 4.18. The van der Waals surface area contributed by atoms with Crippen molar-refractivity contribution in [2.45, 2.75) is 6.42 Å². The Morgan fingerprint density at radius 3 is 2.14 bits per heavy atom. The van der Waals surface area contributed by atoms with Crippen molar-refractivity contribution in [1.29, 1.82) is 0 Å². The van der Waals surface area contributed by atoms with E-state index in [0.29, 0.717) is 6.42 Å². The first-order valence-electron chi connectivity index (χ1n) is 1.82. The van der Waals surface area contributed by atoms with Gasteiger partial charge in [-0.2, -0.15) is 0 Å². The van der Waals surface area contributed by atoms with Gasteiger partial charge in [-0.3, -0.25) is 0 Å². The zero-order chi connectivity index (χ0) is 4.99. The predicted octanol–water partition coefficient (Wildman–Crippen LogP) is -0.264. The number of hydrogen-bond donors (Lipinski definition) is 1. The summed E-state index contributed by atoms with van der Waals surface area (Å²) in [5.41, 5.74) is 4.89. The Morgan fingerprint density at radius 2 is 2.14 bits per heavy atom. The van der Waals surface area contributed by atoms with Crippen LogP contribution in [0.5, 0.6) is 0 Å². The zero-order valence-corrected chi connectivity index (χ0v) is 7.02. The fourth-order valence-electron chi connectivity index (χ4n) is 0.102. The van der Waals surface area contributed by atoms with Crippen molar-refractivity contribution in [2.24, 2.45) is 5.73 Å². The van der Waals surface area contributed by atoms with Crippen LogP contribution < -0.4 is 5.73 Å². The second-order valence-corrected chi connectivity index (χ2v) is 0.993. The van der Waals surface area contributed by atoms with Gasteiger partial charge in [0, 0.05) is 39.3 Å². The second kappa shape index (κ2) is 6.73. The normalized spacial score (nSPS) is 7.14. The smallest absolute Gasteiger partial charge is 0.116 e. The minimum atomic E-state index is 0. The monoisotopic (exact) mass is 175 g/mol. The molecule has 0 rings (SSSR count). The van der Waals surface area contributed by atoms with Gasteiger partial charge >= 0.3 is 0 Å². The summed E-state index contributed by atoms with van der Waals surface area (Å²) in [6.45, 7) is 3.46. The van der Waals surface area contributed by atoms with Gasteiger partial charge in [-0.25, -0.2) is 0 Å². The molecular formula is C4H8NOY-. The molecule has 0 aromatic rings. The van der Waals surface area contributed by atoms with Crippen molar-refractivity contribution in [1.82, 2.24) is 0 Å². The van der Waals surface area contributed by atoms with E-state index >= 15 is 0 Å². The minimum absolute atomic E-state index is 0. The molecule has 2 N–H and O–H groups in total. The van der Waals surface area contributed by atoms with E-state index < -0.39 is 0 Å². The van der Waals surface area contributed by atoms with Gasteiger partial charge < -0.3 is 17.5 Å². The van der Waals surface area contributed by atoms with E-state index in [4.69, 9.17) is 5.73 Å². The molecule has 0 aromatic heterocycles. The van der Waals surface area contributed by atoms with Gasteiger partial charge in [0.25, 0.3) is 0 Å². The maximum absolute atomic E-state index is 9.99. The van der Waals surface area contributed by atoms with Gasteiger partial charge in [-0.1, -0.05) is 0 Å². The molecule has 1 radical (unpaired) electrons. The molecule has 0 atom stereocenters. The Morgan fingerprint density at radius 1 is 1.71 bits per heavy atom. The first-order valence-corrected chi connectivity index (χ1v) is 1.82. The van der Waals surface area contributed by atoms with Gasteiger partial charge in [-0.15, -0.1) is 6.42 Å². The fraction of sp³-hybridized carbons (Fsp3) is 0.500. The summed E-state index contributed by atoms with van der Waals surface area (Å²) in [6.07, 6.45) is 0.316. The van der Waals surface area contributed by atoms with Gasteiger partial charge in [-0.05, 0) is 0 Å². The summed E-state index contributed by atoms with van der Waals surface area (Å²) >= 11 is 0. The molecule has 0 amide bonds. The van der Waals surface area contributed by atoms with Crippen LogP contribution in [0, 0.1) is 6.92 Å². The van der Waals surface area contributed by atoms with Crippen LogP contribution in [0.15, 0.2) is 0 Å². The molecular weight excluding hydrogens is 167 g/mol. The molecule has 0 saturated carbocycles. The number of carbonyl (C=O) groups excluding carboxylic acids is 1. The van der Waals surface area contributed by atoms with Gasteiger partial charge in [0.2, 0.25) is 0 Å². The first kappa shape index (κ1) is 10.7. The maximum Gasteiger partial charge on any atom is 0.116 e. The van der Waals surface area contributed by atoms with Crippen LogP contribution in [-0.2, 0) is 37.5 Å².